The largest absolute Gasteiger partial charge is 0.379 e. The first kappa shape index (κ1) is 15.9. The first-order chi connectivity index (χ1) is 11.2. The third kappa shape index (κ3) is 3.43. The van der Waals surface area contributed by atoms with Gasteiger partial charge in [0.25, 0.3) is 0 Å². The molecule has 0 radical (unpaired) electrons. The summed E-state index contributed by atoms with van der Waals surface area (Å²) in [6.45, 7) is 3.07. The highest BCUT2D eigenvalue weighted by atomic mass is 16.5. The van der Waals surface area contributed by atoms with Crippen LogP contribution in [0.5, 0.6) is 0 Å². The van der Waals surface area contributed by atoms with Crippen LogP contribution in [0.25, 0.3) is 0 Å². The van der Waals surface area contributed by atoms with Crippen LogP contribution < -0.4 is 5.32 Å². The smallest absolute Gasteiger partial charge is 0.226 e. The summed E-state index contributed by atoms with van der Waals surface area (Å²) < 4.78 is 11.2. The van der Waals surface area contributed by atoms with Crippen LogP contribution in [0, 0.1) is 23.2 Å². The van der Waals surface area contributed by atoms with Crippen molar-refractivity contribution < 1.29 is 14.3 Å². The Hall–Kier alpha value is -0.610. The SMILES string of the molecule is O=C(NCCCOCC1CCCO1)C12CC3CC(CC(C3)C1)C2. The summed E-state index contributed by atoms with van der Waals surface area (Å²) in [6.07, 6.45) is 11.1. The number of hydrogen-bond donors (Lipinski definition) is 1. The van der Waals surface area contributed by atoms with Crippen LogP contribution >= 0.6 is 0 Å². The Labute approximate surface area is 139 Å². The van der Waals surface area contributed by atoms with Crippen LogP contribution in [-0.2, 0) is 14.3 Å². The van der Waals surface area contributed by atoms with Crippen LogP contribution in [-0.4, -0.2) is 38.4 Å². The van der Waals surface area contributed by atoms with E-state index in [4.69, 9.17) is 9.47 Å². The topological polar surface area (TPSA) is 47.6 Å². The Morgan fingerprint density at radius 2 is 1.83 bits per heavy atom. The number of ether oxygens (including phenoxy) is 2. The second-order valence-corrected chi connectivity index (χ2v) is 8.52. The van der Waals surface area contributed by atoms with Gasteiger partial charge < -0.3 is 14.8 Å². The lowest BCUT2D eigenvalue weighted by atomic mass is 9.49. The fourth-order valence-corrected chi connectivity index (χ4v) is 5.94. The van der Waals surface area contributed by atoms with Crippen molar-refractivity contribution in [2.75, 3.05) is 26.4 Å². The van der Waals surface area contributed by atoms with Crippen molar-refractivity contribution in [2.24, 2.45) is 23.2 Å². The highest BCUT2D eigenvalue weighted by Crippen LogP contribution is 2.60. The standard InChI is InChI=1S/C19H31NO3/c21-18(20-4-2-5-22-13-17-3-1-6-23-17)19-10-14-7-15(11-19)9-16(8-14)12-19/h14-17H,1-13H2,(H,20,21). The lowest BCUT2D eigenvalue weighted by Gasteiger charge is -2.55. The van der Waals surface area contributed by atoms with Crippen LogP contribution in [0.4, 0.5) is 0 Å². The molecule has 1 atom stereocenters. The predicted octanol–water partition coefficient (Wildman–Crippen LogP) is 2.90. The summed E-state index contributed by atoms with van der Waals surface area (Å²) in [5.74, 6) is 2.85. The third-order valence-corrected chi connectivity index (χ3v) is 6.60. The van der Waals surface area contributed by atoms with E-state index in [1.165, 1.54) is 19.3 Å². The lowest BCUT2D eigenvalue weighted by molar-refractivity contribution is -0.146. The molecule has 1 saturated heterocycles. The predicted molar refractivity (Wildman–Crippen MR) is 88.0 cm³/mol. The van der Waals surface area contributed by atoms with Crippen LogP contribution in [0.1, 0.15) is 57.8 Å². The normalized spacial score (nSPS) is 41.4. The van der Waals surface area contributed by atoms with Crippen molar-refractivity contribution in [3.63, 3.8) is 0 Å². The summed E-state index contributed by atoms with van der Waals surface area (Å²) in [6, 6.07) is 0. The van der Waals surface area contributed by atoms with Crippen molar-refractivity contribution in [3.8, 4) is 0 Å². The van der Waals surface area contributed by atoms with Gasteiger partial charge in [0.2, 0.25) is 5.91 Å². The van der Waals surface area contributed by atoms with E-state index in [1.807, 2.05) is 0 Å². The molecule has 0 aromatic heterocycles. The van der Waals surface area contributed by atoms with Gasteiger partial charge in [0.05, 0.1) is 12.7 Å². The van der Waals surface area contributed by atoms with E-state index >= 15 is 0 Å². The zero-order valence-corrected chi connectivity index (χ0v) is 14.2. The number of rotatable bonds is 7. The minimum absolute atomic E-state index is 0.00665. The molecule has 4 heteroatoms. The molecule has 1 heterocycles. The number of carbonyl (C=O) groups is 1. The van der Waals surface area contributed by atoms with Gasteiger partial charge >= 0.3 is 0 Å². The molecule has 1 aliphatic heterocycles. The quantitative estimate of drug-likeness (QED) is 0.734. The monoisotopic (exact) mass is 321 g/mol. The van der Waals surface area contributed by atoms with Gasteiger partial charge in [0.1, 0.15) is 0 Å². The third-order valence-electron chi connectivity index (χ3n) is 6.60. The fraction of sp³-hybridized carbons (Fsp3) is 0.947. The molecular formula is C19H31NO3. The van der Waals surface area contributed by atoms with Crippen LogP contribution in [0.3, 0.4) is 0 Å². The summed E-state index contributed by atoms with van der Waals surface area (Å²) >= 11 is 0. The van der Waals surface area contributed by atoms with E-state index in [0.29, 0.717) is 18.6 Å². The average molecular weight is 321 g/mol. The van der Waals surface area contributed by atoms with E-state index in [2.05, 4.69) is 5.32 Å². The molecule has 5 aliphatic rings. The molecule has 23 heavy (non-hydrogen) atoms. The first-order valence-corrected chi connectivity index (χ1v) is 9.71. The van der Waals surface area contributed by atoms with Crippen LogP contribution in [0.2, 0.25) is 0 Å². The minimum Gasteiger partial charge on any atom is -0.379 e. The molecule has 5 rings (SSSR count). The molecule has 1 N–H and O–H groups in total. The summed E-state index contributed by atoms with van der Waals surface area (Å²) in [7, 11) is 0. The molecule has 1 amide bonds. The van der Waals surface area contributed by atoms with Crippen LogP contribution in [0.15, 0.2) is 0 Å². The number of amides is 1. The Morgan fingerprint density at radius 3 is 2.43 bits per heavy atom. The van der Waals surface area contributed by atoms with Crippen molar-refractivity contribution >= 4 is 5.91 Å². The molecule has 4 bridgehead atoms. The summed E-state index contributed by atoms with van der Waals surface area (Å²) in [5.41, 5.74) is -0.00665. The maximum Gasteiger partial charge on any atom is 0.226 e. The van der Waals surface area contributed by atoms with E-state index in [0.717, 1.165) is 76.0 Å². The highest BCUT2D eigenvalue weighted by Gasteiger charge is 2.54. The second-order valence-electron chi connectivity index (χ2n) is 8.52. The Balaban J connectivity index is 1.16. The highest BCUT2D eigenvalue weighted by molar-refractivity contribution is 5.83. The van der Waals surface area contributed by atoms with Gasteiger partial charge in [-0.3, -0.25) is 4.79 Å². The second kappa shape index (κ2) is 6.72. The molecule has 0 aromatic rings. The van der Waals surface area contributed by atoms with Crippen molar-refractivity contribution in [3.05, 3.63) is 0 Å². The first-order valence-electron chi connectivity index (χ1n) is 9.71. The van der Waals surface area contributed by atoms with E-state index in [9.17, 15) is 4.79 Å². The molecular weight excluding hydrogens is 290 g/mol. The maximum absolute atomic E-state index is 12.8. The number of carbonyl (C=O) groups excluding carboxylic acids is 1. The van der Waals surface area contributed by atoms with Gasteiger partial charge in [-0.2, -0.15) is 0 Å². The van der Waals surface area contributed by atoms with E-state index in [1.54, 1.807) is 0 Å². The zero-order valence-electron chi connectivity index (χ0n) is 14.2. The van der Waals surface area contributed by atoms with Crippen molar-refractivity contribution in [1.82, 2.24) is 5.32 Å². The molecule has 0 spiro atoms. The minimum atomic E-state index is -0.00665. The average Bonchev–Trinajstić information content (AvgIpc) is 3.02. The van der Waals surface area contributed by atoms with E-state index in [-0.39, 0.29) is 5.41 Å². The Bertz CT molecular complexity index is 395. The molecule has 4 saturated carbocycles. The van der Waals surface area contributed by atoms with Gasteiger partial charge in [0, 0.05) is 25.2 Å². The van der Waals surface area contributed by atoms with Crippen molar-refractivity contribution in [2.45, 2.75) is 63.9 Å². The van der Waals surface area contributed by atoms with Gasteiger partial charge in [-0.05, 0) is 75.5 Å². The van der Waals surface area contributed by atoms with Gasteiger partial charge in [-0.1, -0.05) is 0 Å². The Kier molecular flexibility index (Phi) is 4.64. The number of nitrogens with one attached hydrogen (secondary N) is 1. The zero-order chi connectivity index (χ0) is 15.7. The van der Waals surface area contributed by atoms with Gasteiger partial charge in [-0.15, -0.1) is 0 Å². The lowest BCUT2D eigenvalue weighted by Crippen LogP contribution is -2.53. The number of hydrogen-bond acceptors (Lipinski definition) is 3. The Morgan fingerprint density at radius 1 is 1.13 bits per heavy atom. The van der Waals surface area contributed by atoms with Crippen molar-refractivity contribution in [1.29, 1.82) is 0 Å². The summed E-state index contributed by atoms with van der Waals surface area (Å²) in [5, 5.41) is 3.22. The molecule has 4 nitrogen and oxygen atoms in total. The van der Waals surface area contributed by atoms with Gasteiger partial charge in [-0.25, -0.2) is 0 Å². The molecule has 4 aliphatic carbocycles. The molecule has 1 unspecified atom stereocenters. The van der Waals surface area contributed by atoms with E-state index < -0.39 is 0 Å². The molecule has 0 aromatic carbocycles. The molecule has 5 fully saturated rings. The van der Waals surface area contributed by atoms with Gasteiger partial charge in [0.15, 0.2) is 0 Å². The summed E-state index contributed by atoms with van der Waals surface area (Å²) in [4.78, 5) is 12.8. The molecule has 130 valence electrons. The maximum atomic E-state index is 12.8. The fourth-order valence-electron chi connectivity index (χ4n) is 5.94.